The van der Waals surface area contributed by atoms with Crippen molar-refractivity contribution in [2.24, 2.45) is 0 Å². The van der Waals surface area contributed by atoms with Crippen molar-refractivity contribution in [1.82, 2.24) is 9.55 Å². The van der Waals surface area contributed by atoms with E-state index in [0.29, 0.717) is 0 Å². The normalized spacial score (nSPS) is 22.9. The minimum atomic E-state index is -5.72. The van der Waals surface area contributed by atoms with Gasteiger partial charge >= 0.3 is 29.2 Å². The number of benzene rings is 1. The molecule has 2 heterocycles. The molecule has 1 aromatic carbocycles. The molecule has 218 valence electrons. The second-order valence-corrected chi connectivity index (χ2v) is 12.9. The number of aliphatic hydroxyl groups is 1. The number of aryl methyl sites for hydroxylation is 2. The Bertz CT molecular complexity index is 1430. The highest BCUT2D eigenvalue weighted by Gasteiger charge is 2.43. The summed E-state index contributed by atoms with van der Waals surface area (Å²) in [4.78, 5) is 62.7. The molecule has 0 aliphatic carbocycles. The van der Waals surface area contributed by atoms with Crippen molar-refractivity contribution in [2.45, 2.75) is 51.9 Å². The van der Waals surface area contributed by atoms with E-state index in [2.05, 4.69) is 18.1 Å². The van der Waals surface area contributed by atoms with Gasteiger partial charge in [0, 0.05) is 12.6 Å². The molecular formula is C19H27N2O15P3. The highest BCUT2D eigenvalue weighted by atomic mass is 31.3. The Morgan fingerprint density at radius 3 is 2.28 bits per heavy atom. The van der Waals surface area contributed by atoms with E-state index in [1.165, 1.54) is 6.20 Å². The fraction of sp³-hybridized carbons (Fsp3) is 0.474. The summed E-state index contributed by atoms with van der Waals surface area (Å²) in [7, 11) is -16.7. The lowest BCUT2D eigenvalue weighted by molar-refractivity contribution is -0.0452. The summed E-state index contributed by atoms with van der Waals surface area (Å²) >= 11 is 0. The molecule has 5 atom stereocenters. The molecule has 0 bridgehead atoms. The van der Waals surface area contributed by atoms with Gasteiger partial charge in [0.05, 0.1) is 31.5 Å². The minimum Gasteiger partial charge on any atom is -0.390 e. The van der Waals surface area contributed by atoms with Crippen LogP contribution < -0.4 is 11.2 Å². The average Bonchev–Trinajstić information content (AvgIpc) is 3.13. The van der Waals surface area contributed by atoms with Crippen molar-refractivity contribution in [2.75, 3.05) is 6.61 Å². The fourth-order valence-corrected chi connectivity index (χ4v) is 6.72. The molecule has 0 radical (unpaired) electrons. The first-order chi connectivity index (χ1) is 18.0. The van der Waals surface area contributed by atoms with Crippen LogP contribution >= 0.6 is 23.5 Å². The Morgan fingerprint density at radius 2 is 1.67 bits per heavy atom. The quantitative estimate of drug-likeness (QED) is 0.181. The number of phosphoric ester groups is 1. The van der Waals surface area contributed by atoms with Crippen LogP contribution in [0.15, 0.2) is 34.0 Å². The maximum absolute atomic E-state index is 12.4. The molecule has 3 rings (SSSR count). The molecule has 0 amide bonds. The lowest BCUT2D eigenvalue weighted by Crippen LogP contribution is -2.34. The number of rotatable bonds is 12. The van der Waals surface area contributed by atoms with Crippen molar-refractivity contribution in [1.29, 1.82) is 0 Å². The lowest BCUT2D eigenvalue weighted by atomic mass is 10.0. The van der Waals surface area contributed by atoms with Crippen LogP contribution in [0.4, 0.5) is 0 Å². The molecule has 2 aromatic rings. The van der Waals surface area contributed by atoms with Crippen LogP contribution in [0.5, 0.6) is 0 Å². The molecule has 1 aromatic heterocycles. The van der Waals surface area contributed by atoms with E-state index in [1.54, 1.807) is 0 Å². The molecule has 1 saturated heterocycles. The van der Waals surface area contributed by atoms with Crippen molar-refractivity contribution in [3.63, 3.8) is 0 Å². The van der Waals surface area contributed by atoms with E-state index in [-0.39, 0.29) is 25.2 Å². The number of H-pyrrole nitrogens is 1. The van der Waals surface area contributed by atoms with Gasteiger partial charge in [-0.2, -0.15) is 8.62 Å². The van der Waals surface area contributed by atoms with Crippen LogP contribution in [-0.4, -0.2) is 53.0 Å². The van der Waals surface area contributed by atoms with E-state index < -0.39 is 59.8 Å². The molecule has 6 N–H and O–H groups in total. The SMILES string of the molecule is Cc1cccc(C)c1COCc1cn([C@H]2C[C@H](O)[C@@H](COP(=O)(O)OP(=O)(O)OP(=O)(O)O)O2)c(=O)[nH]c1=O. The van der Waals surface area contributed by atoms with E-state index >= 15 is 0 Å². The van der Waals surface area contributed by atoms with Gasteiger partial charge in [-0.05, 0) is 30.5 Å². The molecule has 0 spiro atoms. The number of ether oxygens (including phenoxy) is 2. The molecule has 17 nitrogen and oxygen atoms in total. The Hall–Kier alpha value is -1.81. The van der Waals surface area contributed by atoms with Gasteiger partial charge in [-0.3, -0.25) is 18.9 Å². The van der Waals surface area contributed by atoms with Gasteiger partial charge in [-0.15, -0.1) is 0 Å². The minimum absolute atomic E-state index is 0.0793. The molecule has 1 aliphatic heterocycles. The largest absolute Gasteiger partial charge is 0.490 e. The first-order valence-electron chi connectivity index (χ1n) is 11.1. The van der Waals surface area contributed by atoms with Gasteiger partial charge in [0.15, 0.2) is 0 Å². The zero-order chi connectivity index (χ0) is 29.2. The summed E-state index contributed by atoms with van der Waals surface area (Å²) < 4.78 is 57.9. The maximum atomic E-state index is 12.4. The summed E-state index contributed by atoms with van der Waals surface area (Å²) in [6, 6.07) is 5.74. The highest BCUT2D eigenvalue weighted by molar-refractivity contribution is 7.66. The Kier molecular flexibility index (Phi) is 10.1. The smallest absolute Gasteiger partial charge is 0.390 e. The molecule has 1 aliphatic rings. The third-order valence-corrected chi connectivity index (χ3v) is 9.32. The lowest BCUT2D eigenvalue weighted by Gasteiger charge is -2.19. The highest BCUT2D eigenvalue weighted by Crippen LogP contribution is 2.66. The van der Waals surface area contributed by atoms with Crippen molar-refractivity contribution in [3.05, 3.63) is 67.5 Å². The zero-order valence-electron chi connectivity index (χ0n) is 20.5. The summed E-state index contributed by atoms with van der Waals surface area (Å²) in [5, 5.41) is 10.3. The van der Waals surface area contributed by atoms with Gasteiger partial charge in [-0.1, -0.05) is 18.2 Å². The number of phosphoric acid groups is 3. The maximum Gasteiger partial charge on any atom is 0.490 e. The number of aliphatic hydroxyl groups excluding tert-OH is 1. The van der Waals surface area contributed by atoms with Crippen molar-refractivity contribution in [3.8, 4) is 0 Å². The second-order valence-electron chi connectivity index (χ2n) is 8.50. The fourth-order valence-electron chi connectivity index (χ4n) is 3.69. The van der Waals surface area contributed by atoms with Crippen molar-refractivity contribution < 1.29 is 61.0 Å². The van der Waals surface area contributed by atoms with Crippen LogP contribution in [0.1, 0.15) is 34.9 Å². The number of aromatic amines is 1. The molecule has 0 saturated carbocycles. The molecule has 1 fully saturated rings. The van der Waals surface area contributed by atoms with Crippen LogP contribution in [0.2, 0.25) is 0 Å². The van der Waals surface area contributed by atoms with Gasteiger partial charge in [0.2, 0.25) is 0 Å². The van der Waals surface area contributed by atoms with E-state index in [9.17, 15) is 38.2 Å². The first-order valence-corrected chi connectivity index (χ1v) is 15.6. The molecular weight excluding hydrogens is 589 g/mol. The van der Waals surface area contributed by atoms with E-state index in [1.807, 2.05) is 32.0 Å². The predicted octanol–water partition coefficient (Wildman–Crippen LogP) is 0.862. The second kappa shape index (κ2) is 12.4. The molecule has 39 heavy (non-hydrogen) atoms. The average molecular weight is 616 g/mol. The summed E-state index contributed by atoms with van der Waals surface area (Å²) in [5.74, 6) is 0. The van der Waals surface area contributed by atoms with Crippen LogP contribution in [0.25, 0.3) is 0 Å². The summed E-state index contributed by atoms with van der Waals surface area (Å²) in [6.45, 7) is 2.97. The standard InChI is InChI=1S/C19H27N2O15P3/c1-11-4-3-5-12(2)14(11)9-32-8-13-7-21(19(24)20-18(13)23)17-6-15(22)16(34-17)10-33-38(28,29)36-39(30,31)35-37(25,26)27/h3-5,7,15-17,22H,6,8-10H2,1-2H3,(H,28,29)(H,30,31)(H,20,23,24)(H2,25,26,27)/t15-,16+,17+/m0/s1. The molecule has 2 unspecified atom stereocenters. The number of aromatic nitrogens is 2. The first kappa shape index (κ1) is 31.7. The molecule has 20 heteroatoms. The Labute approximate surface area is 220 Å². The zero-order valence-corrected chi connectivity index (χ0v) is 23.2. The number of nitrogens with zero attached hydrogens (tertiary/aromatic N) is 1. The Morgan fingerprint density at radius 1 is 1.03 bits per heavy atom. The monoisotopic (exact) mass is 616 g/mol. The van der Waals surface area contributed by atoms with Crippen LogP contribution in [-0.2, 0) is 49.5 Å². The number of nitrogens with one attached hydrogen (secondary N) is 1. The Balaban J connectivity index is 1.64. The van der Waals surface area contributed by atoms with E-state index in [4.69, 9.17) is 19.3 Å². The van der Waals surface area contributed by atoms with Crippen LogP contribution in [0, 0.1) is 13.8 Å². The number of hydrogen-bond acceptors (Lipinski definition) is 11. The predicted molar refractivity (Wildman–Crippen MR) is 130 cm³/mol. The summed E-state index contributed by atoms with van der Waals surface area (Å²) in [6.07, 6.45) is -2.92. The third-order valence-electron chi connectivity index (χ3n) is 5.52. The summed E-state index contributed by atoms with van der Waals surface area (Å²) in [5.41, 5.74) is 1.47. The number of hydrogen-bond donors (Lipinski definition) is 6. The van der Waals surface area contributed by atoms with Gasteiger partial charge in [0.25, 0.3) is 5.56 Å². The topological polar surface area (TPSA) is 253 Å². The third kappa shape index (κ3) is 9.10. The van der Waals surface area contributed by atoms with E-state index in [0.717, 1.165) is 21.3 Å². The van der Waals surface area contributed by atoms with Crippen LogP contribution in [0.3, 0.4) is 0 Å². The van der Waals surface area contributed by atoms with Crippen molar-refractivity contribution >= 4 is 23.5 Å². The van der Waals surface area contributed by atoms with Gasteiger partial charge < -0.3 is 34.2 Å². The van der Waals surface area contributed by atoms with Gasteiger partial charge in [0.1, 0.15) is 12.3 Å². The van der Waals surface area contributed by atoms with Gasteiger partial charge in [-0.25, -0.2) is 18.5 Å².